The number of hydrogen-bond donors (Lipinski definition) is 1. The Morgan fingerprint density at radius 2 is 2.00 bits per heavy atom. The number of nitrogens with two attached hydrogens (primary N) is 1. The summed E-state index contributed by atoms with van der Waals surface area (Å²) in [6.45, 7) is 0. The molecule has 92 valence electrons. The molecule has 0 fully saturated rings. The van der Waals surface area contributed by atoms with E-state index in [9.17, 15) is 17.6 Å². The number of halogens is 5. The molecular formula is C9H11ClF4N2. The Kier molecular flexibility index (Phi) is 5.67. The molecule has 0 bridgehead atoms. The fourth-order valence-electron chi connectivity index (χ4n) is 1.15. The van der Waals surface area contributed by atoms with E-state index in [0.29, 0.717) is 0 Å². The summed E-state index contributed by atoms with van der Waals surface area (Å²) in [6, 6.07) is 1.80. The lowest BCUT2D eigenvalue weighted by Gasteiger charge is -2.13. The van der Waals surface area contributed by atoms with Crippen molar-refractivity contribution >= 4 is 12.4 Å². The fourth-order valence-corrected chi connectivity index (χ4v) is 1.15. The lowest BCUT2D eigenvalue weighted by Crippen LogP contribution is -2.17. The number of aromatic nitrogens is 1. The molecule has 0 unspecified atom stereocenters. The third-order valence-electron chi connectivity index (χ3n) is 1.93. The van der Waals surface area contributed by atoms with Crippen LogP contribution >= 0.6 is 12.4 Å². The second-order valence-electron chi connectivity index (χ2n) is 3.14. The lowest BCUT2D eigenvalue weighted by molar-refractivity contribution is -0.136. The first-order valence-electron chi connectivity index (χ1n) is 4.33. The van der Waals surface area contributed by atoms with Crippen molar-refractivity contribution in [2.24, 2.45) is 5.73 Å². The Morgan fingerprint density at radius 3 is 2.50 bits per heavy atom. The summed E-state index contributed by atoms with van der Waals surface area (Å²) in [6.07, 6.45) is -4.42. The molecule has 0 aromatic carbocycles. The van der Waals surface area contributed by atoms with Gasteiger partial charge >= 0.3 is 6.18 Å². The number of pyridine rings is 1. The zero-order valence-electron chi connectivity index (χ0n) is 8.17. The van der Waals surface area contributed by atoms with Crippen LogP contribution in [0.25, 0.3) is 0 Å². The second kappa shape index (κ2) is 6.00. The number of hydrogen-bond acceptors (Lipinski definition) is 2. The van der Waals surface area contributed by atoms with E-state index in [0.717, 1.165) is 0 Å². The van der Waals surface area contributed by atoms with Gasteiger partial charge in [0.05, 0.1) is 0 Å². The van der Waals surface area contributed by atoms with Crippen LogP contribution in [0.1, 0.15) is 24.4 Å². The van der Waals surface area contributed by atoms with Crippen LogP contribution in [0.15, 0.2) is 18.3 Å². The van der Waals surface area contributed by atoms with Gasteiger partial charge in [0.25, 0.3) is 0 Å². The Balaban J connectivity index is 0.00000225. The topological polar surface area (TPSA) is 38.9 Å². The van der Waals surface area contributed by atoms with Crippen LogP contribution in [-0.2, 0) is 0 Å². The minimum Gasteiger partial charge on any atom is -0.324 e. The molecule has 1 rings (SSSR count). The molecule has 0 amide bonds. The molecule has 0 aliphatic carbocycles. The maximum Gasteiger partial charge on any atom is 0.389 e. The van der Waals surface area contributed by atoms with Gasteiger partial charge < -0.3 is 5.73 Å². The minimum absolute atomic E-state index is 0. The number of alkyl halides is 3. The number of nitrogens with zero attached hydrogens (tertiary/aromatic N) is 1. The molecule has 0 spiro atoms. The summed E-state index contributed by atoms with van der Waals surface area (Å²) < 4.78 is 48.6. The molecule has 1 heterocycles. The Bertz CT molecular complexity index is 330. The largest absolute Gasteiger partial charge is 0.389 e. The smallest absolute Gasteiger partial charge is 0.324 e. The third kappa shape index (κ3) is 4.76. The summed E-state index contributed by atoms with van der Waals surface area (Å²) in [5.74, 6) is -0.813. The predicted octanol–water partition coefficient (Wildman–Crippen LogP) is 2.98. The van der Waals surface area contributed by atoms with Gasteiger partial charge in [0, 0.05) is 24.2 Å². The predicted molar refractivity (Wildman–Crippen MR) is 53.7 cm³/mol. The SMILES string of the molecule is Cl.N[C@@H](CCC(F)(F)F)c1cccnc1F. The summed E-state index contributed by atoms with van der Waals surface area (Å²) in [5, 5.41) is 0. The van der Waals surface area contributed by atoms with Gasteiger partial charge in [0.2, 0.25) is 5.95 Å². The van der Waals surface area contributed by atoms with Crippen LogP contribution in [0.4, 0.5) is 17.6 Å². The zero-order chi connectivity index (χ0) is 11.5. The van der Waals surface area contributed by atoms with E-state index >= 15 is 0 Å². The Labute approximate surface area is 96.3 Å². The average Bonchev–Trinajstić information content (AvgIpc) is 2.14. The highest BCUT2D eigenvalue weighted by Gasteiger charge is 2.28. The molecule has 2 N–H and O–H groups in total. The molecule has 0 saturated carbocycles. The van der Waals surface area contributed by atoms with Crippen molar-refractivity contribution in [3.8, 4) is 0 Å². The summed E-state index contributed by atoms with van der Waals surface area (Å²) in [5.41, 5.74) is 5.44. The highest BCUT2D eigenvalue weighted by Crippen LogP contribution is 2.26. The zero-order valence-corrected chi connectivity index (χ0v) is 8.98. The maximum atomic E-state index is 13.0. The molecule has 16 heavy (non-hydrogen) atoms. The minimum atomic E-state index is -4.27. The van der Waals surface area contributed by atoms with Gasteiger partial charge in [0.1, 0.15) is 0 Å². The van der Waals surface area contributed by atoms with E-state index in [4.69, 9.17) is 5.73 Å². The molecule has 1 atom stereocenters. The summed E-state index contributed by atoms with van der Waals surface area (Å²) >= 11 is 0. The van der Waals surface area contributed by atoms with Gasteiger partial charge in [-0.15, -0.1) is 12.4 Å². The number of rotatable bonds is 3. The van der Waals surface area contributed by atoms with Crippen LogP contribution in [-0.4, -0.2) is 11.2 Å². The average molecular weight is 259 g/mol. The van der Waals surface area contributed by atoms with Gasteiger partial charge in [-0.1, -0.05) is 6.07 Å². The van der Waals surface area contributed by atoms with E-state index in [1.54, 1.807) is 0 Å². The van der Waals surface area contributed by atoms with E-state index < -0.39 is 24.6 Å². The van der Waals surface area contributed by atoms with Crippen LogP contribution in [0.5, 0.6) is 0 Å². The highest BCUT2D eigenvalue weighted by atomic mass is 35.5. The van der Waals surface area contributed by atoms with Crippen LogP contribution in [0, 0.1) is 5.95 Å². The maximum absolute atomic E-state index is 13.0. The molecular weight excluding hydrogens is 248 g/mol. The third-order valence-corrected chi connectivity index (χ3v) is 1.93. The molecule has 2 nitrogen and oxygen atoms in total. The normalized spacial score (nSPS) is 13.1. The van der Waals surface area contributed by atoms with E-state index in [1.807, 2.05) is 0 Å². The monoisotopic (exact) mass is 258 g/mol. The van der Waals surface area contributed by atoms with Crippen molar-refractivity contribution in [3.63, 3.8) is 0 Å². The molecule has 0 aliphatic rings. The van der Waals surface area contributed by atoms with Gasteiger partial charge in [0.15, 0.2) is 0 Å². The quantitative estimate of drug-likeness (QED) is 0.669. The first-order chi connectivity index (χ1) is 6.90. The van der Waals surface area contributed by atoms with Gasteiger partial charge in [-0.3, -0.25) is 0 Å². The van der Waals surface area contributed by atoms with Crippen LogP contribution in [0.3, 0.4) is 0 Å². The van der Waals surface area contributed by atoms with Gasteiger partial charge in [-0.05, 0) is 12.5 Å². The van der Waals surface area contributed by atoms with E-state index in [-0.39, 0.29) is 24.4 Å². The van der Waals surface area contributed by atoms with E-state index in [1.165, 1.54) is 18.3 Å². The van der Waals surface area contributed by atoms with Gasteiger partial charge in [-0.25, -0.2) is 4.98 Å². The molecule has 1 aromatic rings. The lowest BCUT2D eigenvalue weighted by atomic mass is 10.0. The first kappa shape index (κ1) is 15.1. The van der Waals surface area contributed by atoms with Crippen molar-refractivity contribution in [2.75, 3.05) is 0 Å². The Hall–Kier alpha value is -0.880. The summed E-state index contributed by atoms with van der Waals surface area (Å²) in [7, 11) is 0. The Morgan fingerprint density at radius 1 is 1.38 bits per heavy atom. The van der Waals surface area contributed by atoms with Gasteiger partial charge in [-0.2, -0.15) is 17.6 Å². The fraction of sp³-hybridized carbons (Fsp3) is 0.444. The first-order valence-corrected chi connectivity index (χ1v) is 4.33. The van der Waals surface area contributed by atoms with Crippen molar-refractivity contribution in [1.82, 2.24) is 4.98 Å². The van der Waals surface area contributed by atoms with Crippen molar-refractivity contribution in [1.29, 1.82) is 0 Å². The van der Waals surface area contributed by atoms with Crippen molar-refractivity contribution in [2.45, 2.75) is 25.1 Å². The molecule has 0 aliphatic heterocycles. The van der Waals surface area contributed by atoms with E-state index in [2.05, 4.69) is 4.98 Å². The molecule has 0 saturated heterocycles. The van der Waals surface area contributed by atoms with Crippen LogP contribution < -0.4 is 5.73 Å². The standard InChI is InChI=1S/C9H10F4N2.ClH/c10-8-6(2-1-5-15-8)7(14)3-4-9(11,12)13;/h1-2,5,7H,3-4,14H2;1H/t7-;/m0./s1. The van der Waals surface area contributed by atoms with Crippen molar-refractivity contribution in [3.05, 3.63) is 29.8 Å². The highest BCUT2D eigenvalue weighted by molar-refractivity contribution is 5.85. The molecule has 0 radical (unpaired) electrons. The second-order valence-corrected chi connectivity index (χ2v) is 3.14. The summed E-state index contributed by atoms with van der Waals surface area (Å²) in [4.78, 5) is 3.32. The molecule has 1 aromatic heterocycles. The van der Waals surface area contributed by atoms with Crippen LogP contribution in [0.2, 0.25) is 0 Å². The molecule has 7 heteroatoms. The van der Waals surface area contributed by atoms with Crippen molar-refractivity contribution < 1.29 is 17.6 Å².